The molecule has 0 saturated heterocycles. The van der Waals surface area contributed by atoms with E-state index in [0.29, 0.717) is 11.4 Å². The molecule has 0 spiro atoms. The van der Waals surface area contributed by atoms with Crippen LogP contribution in [-0.4, -0.2) is 11.8 Å². The summed E-state index contributed by atoms with van der Waals surface area (Å²) >= 11 is 0. The van der Waals surface area contributed by atoms with E-state index in [9.17, 15) is 9.59 Å². The molecule has 0 unspecified atom stereocenters. The van der Waals surface area contributed by atoms with E-state index in [4.69, 9.17) is 0 Å². The van der Waals surface area contributed by atoms with Crippen LogP contribution in [-0.2, 0) is 9.59 Å². The van der Waals surface area contributed by atoms with Crippen LogP contribution in [0.4, 0.5) is 11.4 Å². The largest absolute Gasteiger partial charge is 0.325 e. The Hall–Kier alpha value is -2.62. The van der Waals surface area contributed by atoms with Crippen molar-refractivity contribution in [1.82, 2.24) is 0 Å². The topological polar surface area (TPSA) is 58.2 Å². The standard InChI is InChI=1S/C19H22N2O2/c1-13-10-14(2)12-16(11-13)21-18(23)19(3,4)17(22)20-15-8-6-5-7-9-15/h5-12H,1-4H3,(H,20,22)(H,21,23). The van der Waals surface area contributed by atoms with Gasteiger partial charge in [-0.05, 0) is 63.1 Å². The van der Waals surface area contributed by atoms with Crippen LogP contribution >= 0.6 is 0 Å². The second kappa shape index (κ2) is 6.65. The number of anilines is 2. The number of amides is 2. The molecule has 0 bridgehead atoms. The second-order valence-electron chi connectivity index (χ2n) is 6.28. The monoisotopic (exact) mass is 310 g/mol. The molecule has 120 valence electrons. The van der Waals surface area contributed by atoms with Gasteiger partial charge in [-0.2, -0.15) is 0 Å². The van der Waals surface area contributed by atoms with Crippen molar-refractivity contribution in [1.29, 1.82) is 0 Å². The molecule has 4 heteroatoms. The Morgan fingerprint density at radius 1 is 0.783 bits per heavy atom. The Kier molecular flexibility index (Phi) is 4.84. The maximum atomic E-state index is 12.5. The summed E-state index contributed by atoms with van der Waals surface area (Å²) in [5.41, 5.74) is 2.31. The fraction of sp³-hybridized carbons (Fsp3) is 0.263. The predicted octanol–water partition coefficient (Wildman–Crippen LogP) is 3.91. The molecule has 0 aliphatic heterocycles. The summed E-state index contributed by atoms with van der Waals surface area (Å²) < 4.78 is 0. The van der Waals surface area contributed by atoms with Gasteiger partial charge in [-0.3, -0.25) is 9.59 Å². The smallest absolute Gasteiger partial charge is 0.239 e. The van der Waals surface area contributed by atoms with E-state index in [1.54, 1.807) is 26.0 Å². The molecule has 23 heavy (non-hydrogen) atoms. The fourth-order valence-electron chi connectivity index (χ4n) is 2.25. The van der Waals surface area contributed by atoms with Crippen LogP contribution in [0.2, 0.25) is 0 Å². The van der Waals surface area contributed by atoms with Gasteiger partial charge in [0, 0.05) is 11.4 Å². The number of carbonyl (C=O) groups is 2. The lowest BCUT2D eigenvalue weighted by molar-refractivity contribution is -0.135. The molecule has 2 rings (SSSR count). The first-order valence-electron chi connectivity index (χ1n) is 7.55. The molecule has 0 radical (unpaired) electrons. The molecule has 0 aromatic heterocycles. The van der Waals surface area contributed by atoms with Crippen LogP contribution in [0.25, 0.3) is 0 Å². The molecule has 2 aromatic rings. The van der Waals surface area contributed by atoms with Gasteiger partial charge < -0.3 is 10.6 Å². The lowest BCUT2D eigenvalue weighted by Gasteiger charge is -2.23. The number of hydrogen-bond donors (Lipinski definition) is 2. The maximum Gasteiger partial charge on any atom is 0.239 e. The van der Waals surface area contributed by atoms with Gasteiger partial charge >= 0.3 is 0 Å². The number of carbonyl (C=O) groups excluding carboxylic acids is 2. The van der Waals surface area contributed by atoms with E-state index < -0.39 is 5.41 Å². The normalized spacial score (nSPS) is 11.0. The lowest BCUT2D eigenvalue weighted by atomic mass is 9.90. The van der Waals surface area contributed by atoms with Crippen molar-refractivity contribution in [2.24, 2.45) is 5.41 Å². The van der Waals surface area contributed by atoms with Crippen molar-refractivity contribution in [2.45, 2.75) is 27.7 Å². The van der Waals surface area contributed by atoms with Gasteiger partial charge in [0.25, 0.3) is 0 Å². The van der Waals surface area contributed by atoms with E-state index in [2.05, 4.69) is 10.6 Å². The average Bonchev–Trinajstić information content (AvgIpc) is 2.47. The van der Waals surface area contributed by atoms with Crippen molar-refractivity contribution in [3.05, 3.63) is 59.7 Å². The molecule has 2 amide bonds. The SMILES string of the molecule is Cc1cc(C)cc(NC(=O)C(C)(C)C(=O)Nc2ccccc2)c1. The Morgan fingerprint density at radius 2 is 1.26 bits per heavy atom. The van der Waals surface area contributed by atoms with Crippen molar-refractivity contribution < 1.29 is 9.59 Å². The summed E-state index contributed by atoms with van der Waals surface area (Å²) in [6.45, 7) is 7.17. The first-order chi connectivity index (χ1) is 10.8. The third kappa shape index (κ3) is 4.19. The lowest BCUT2D eigenvalue weighted by Crippen LogP contribution is -2.41. The number of rotatable bonds is 4. The van der Waals surface area contributed by atoms with Gasteiger partial charge in [-0.25, -0.2) is 0 Å². The summed E-state index contributed by atoms with van der Waals surface area (Å²) in [5, 5.41) is 5.60. The molecule has 2 N–H and O–H groups in total. The van der Waals surface area contributed by atoms with Gasteiger partial charge in [-0.15, -0.1) is 0 Å². The van der Waals surface area contributed by atoms with Gasteiger partial charge in [0.15, 0.2) is 0 Å². The molecular weight excluding hydrogens is 288 g/mol. The van der Waals surface area contributed by atoms with E-state index in [0.717, 1.165) is 11.1 Å². The van der Waals surface area contributed by atoms with Crippen molar-refractivity contribution in [3.63, 3.8) is 0 Å². The van der Waals surface area contributed by atoms with E-state index in [1.165, 1.54) is 0 Å². The van der Waals surface area contributed by atoms with E-state index in [1.807, 2.05) is 50.2 Å². The molecule has 0 fully saturated rings. The first kappa shape index (κ1) is 16.7. The van der Waals surface area contributed by atoms with Crippen LogP contribution in [0.3, 0.4) is 0 Å². The van der Waals surface area contributed by atoms with Crippen LogP contribution in [0.15, 0.2) is 48.5 Å². The molecule has 4 nitrogen and oxygen atoms in total. The van der Waals surface area contributed by atoms with E-state index >= 15 is 0 Å². The molecular formula is C19H22N2O2. The van der Waals surface area contributed by atoms with E-state index in [-0.39, 0.29) is 11.8 Å². The highest BCUT2D eigenvalue weighted by molar-refractivity contribution is 6.14. The van der Waals surface area contributed by atoms with Crippen molar-refractivity contribution in [2.75, 3.05) is 10.6 Å². The highest BCUT2D eigenvalue weighted by Crippen LogP contribution is 2.22. The summed E-state index contributed by atoms with van der Waals surface area (Å²) in [6, 6.07) is 14.9. The fourth-order valence-corrected chi connectivity index (χ4v) is 2.25. The minimum Gasteiger partial charge on any atom is -0.325 e. The molecule has 0 saturated carbocycles. The summed E-state index contributed by atoms with van der Waals surface area (Å²) in [7, 11) is 0. The zero-order chi connectivity index (χ0) is 17.0. The van der Waals surface area contributed by atoms with Crippen molar-refractivity contribution >= 4 is 23.2 Å². The third-order valence-electron chi connectivity index (χ3n) is 3.65. The average molecular weight is 310 g/mol. The summed E-state index contributed by atoms with van der Waals surface area (Å²) in [5.74, 6) is -0.679. The molecule has 0 heterocycles. The van der Waals surface area contributed by atoms with Crippen LogP contribution in [0.5, 0.6) is 0 Å². The predicted molar refractivity (Wildman–Crippen MR) is 93.4 cm³/mol. The van der Waals surface area contributed by atoms with Crippen LogP contribution in [0.1, 0.15) is 25.0 Å². The first-order valence-corrected chi connectivity index (χ1v) is 7.55. The summed E-state index contributed by atoms with van der Waals surface area (Å²) in [6.07, 6.45) is 0. The van der Waals surface area contributed by atoms with Gasteiger partial charge in [-0.1, -0.05) is 24.3 Å². The highest BCUT2D eigenvalue weighted by Gasteiger charge is 2.36. The van der Waals surface area contributed by atoms with Crippen LogP contribution in [0, 0.1) is 19.3 Å². The van der Waals surface area contributed by atoms with Gasteiger partial charge in [0.2, 0.25) is 11.8 Å². The molecule has 2 aromatic carbocycles. The van der Waals surface area contributed by atoms with Crippen molar-refractivity contribution in [3.8, 4) is 0 Å². The number of para-hydroxylation sites is 1. The summed E-state index contributed by atoms with van der Waals surface area (Å²) in [4.78, 5) is 24.9. The molecule has 0 atom stereocenters. The van der Waals surface area contributed by atoms with Gasteiger partial charge in [0.1, 0.15) is 5.41 Å². The zero-order valence-electron chi connectivity index (χ0n) is 13.9. The highest BCUT2D eigenvalue weighted by atomic mass is 16.2. The number of hydrogen-bond acceptors (Lipinski definition) is 2. The zero-order valence-corrected chi connectivity index (χ0v) is 13.9. The Morgan fingerprint density at radius 3 is 1.78 bits per heavy atom. The minimum absolute atomic E-state index is 0.337. The number of nitrogens with one attached hydrogen (secondary N) is 2. The Balaban J connectivity index is 2.11. The number of aryl methyl sites for hydroxylation is 2. The third-order valence-corrected chi connectivity index (χ3v) is 3.65. The quantitative estimate of drug-likeness (QED) is 0.841. The Bertz CT molecular complexity index is 701. The second-order valence-corrected chi connectivity index (χ2v) is 6.28. The number of benzene rings is 2. The van der Waals surface area contributed by atoms with Gasteiger partial charge in [0.05, 0.1) is 0 Å². The minimum atomic E-state index is -1.19. The molecule has 0 aliphatic rings. The molecule has 0 aliphatic carbocycles. The van der Waals surface area contributed by atoms with Crippen LogP contribution < -0.4 is 10.6 Å². The maximum absolute atomic E-state index is 12.5. The Labute approximate surface area is 136 Å².